The second kappa shape index (κ2) is 4.69. The van der Waals surface area contributed by atoms with E-state index in [0.29, 0.717) is 5.69 Å². The molecule has 0 atom stereocenters. The van der Waals surface area contributed by atoms with Crippen LogP contribution in [0.4, 0.5) is 0 Å². The Kier molecular flexibility index (Phi) is 3.54. The van der Waals surface area contributed by atoms with Crippen LogP contribution in [0.3, 0.4) is 0 Å². The minimum atomic E-state index is -0.866. The average Bonchev–Trinajstić information content (AvgIpc) is 2.21. The Morgan fingerprint density at radius 3 is 2.54 bits per heavy atom. The van der Waals surface area contributed by atoms with Gasteiger partial charge in [-0.15, -0.1) is 0 Å². The minimum Gasteiger partial charge on any atom is -0.349 e. The third kappa shape index (κ3) is 2.34. The first-order valence-corrected chi connectivity index (χ1v) is 3.80. The van der Waals surface area contributed by atoms with Crippen LogP contribution in [0.2, 0.25) is 0 Å². The lowest BCUT2D eigenvalue weighted by Crippen LogP contribution is -2.25. The van der Waals surface area contributed by atoms with Crippen molar-refractivity contribution in [3.8, 4) is 0 Å². The van der Waals surface area contributed by atoms with Gasteiger partial charge in [-0.05, 0) is 12.1 Å². The number of hydrogen-bond donors (Lipinski definition) is 0. The van der Waals surface area contributed by atoms with Gasteiger partial charge in [0.05, 0.1) is 0 Å². The lowest BCUT2D eigenvalue weighted by atomic mass is 10.2. The maximum Gasteiger partial charge on any atom is 0.237 e. The molecule has 0 saturated carbocycles. The number of Topliss-reactive ketones (excluding diaryl/α,β-unsaturated/α-hetero) is 1. The topological polar surface area (TPSA) is 48.4 Å². The van der Waals surface area contributed by atoms with Gasteiger partial charge < -0.3 is 9.47 Å². The van der Waals surface area contributed by atoms with Gasteiger partial charge in [0.15, 0.2) is 0 Å². The highest BCUT2D eigenvalue weighted by molar-refractivity contribution is 5.96. The summed E-state index contributed by atoms with van der Waals surface area (Å²) in [5.74, 6) is -0.273. The summed E-state index contributed by atoms with van der Waals surface area (Å²) in [4.78, 5) is 15.4. The van der Waals surface area contributed by atoms with Crippen LogP contribution in [-0.2, 0) is 9.47 Å². The van der Waals surface area contributed by atoms with Crippen LogP contribution in [-0.4, -0.2) is 31.3 Å². The zero-order valence-corrected chi connectivity index (χ0v) is 7.56. The Labute approximate surface area is 76.5 Å². The van der Waals surface area contributed by atoms with E-state index in [0.717, 1.165) is 0 Å². The number of ketones is 1. The largest absolute Gasteiger partial charge is 0.349 e. The first kappa shape index (κ1) is 9.83. The first-order chi connectivity index (χ1) is 6.29. The van der Waals surface area contributed by atoms with Crippen molar-refractivity contribution in [2.45, 2.75) is 6.29 Å². The zero-order chi connectivity index (χ0) is 9.68. The maximum absolute atomic E-state index is 11.5. The van der Waals surface area contributed by atoms with Crippen molar-refractivity contribution in [1.29, 1.82) is 0 Å². The number of rotatable bonds is 4. The van der Waals surface area contributed by atoms with Crippen molar-refractivity contribution in [2.24, 2.45) is 0 Å². The van der Waals surface area contributed by atoms with E-state index in [4.69, 9.17) is 9.47 Å². The Balaban J connectivity index is 2.78. The molecule has 13 heavy (non-hydrogen) atoms. The Morgan fingerprint density at radius 2 is 2.08 bits per heavy atom. The molecule has 4 nitrogen and oxygen atoms in total. The minimum absolute atomic E-state index is 0.273. The molecule has 0 saturated heterocycles. The number of methoxy groups -OCH3 is 2. The van der Waals surface area contributed by atoms with Crippen molar-refractivity contribution >= 4 is 5.78 Å². The van der Waals surface area contributed by atoms with E-state index >= 15 is 0 Å². The summed E-state index contributed by atoms with van der Waals surface area (Å²) >= 11 is 0. The summed E-state index contributed by atoms with van der Waals surface area (Å²) in [6, 6.07) is 5.10. The van der Waals surface area contributed by atoms with Crippen molar-refractivity contribution in [3.63, 3.8) is 0 Å². The highest BCUT2D eigenvalue weighted by Gasteiger charge is 2.19. The predicted molar refractivity (Wildman–Crippen MR) is 46.4 cm³/mol. The second-order valence-electron chi connectivity index (χ2n) is 2.38. The number of carbonyl (C=O) groups excluding carboxylic acids is 1. The summed E-state index contributed by atoms with van der Waals surface area (Å²) < 4.78 is 9.61. The standard InChI is InChI=1S/C9H11NO3/c1-12-9(13-2)8(11)7-5-3-4-6-10-7/h3-6,9H,1-2H3. The van der Waals surface area contributed by atoms with Gasteiger partial charge in [0.2, 0.25) is 12.1 Å². The fourth-order valence-electron chi connectivity index (χ4n) is 0.940. The van der Waals surface area contributed by atoms with E-state index < -0.39 is 6.29 Å². The molecule has 1 aromatic heterocycles. The molecule has 0 unspecified atom stereocenters. The number of carbonyl (C=O) groups is 1. The molecule has 70 valence electrons. The van der Waals surface area contributed by atoms with Crippen LogP contribution in [0, 0.1) is 0 Å². The fourth-order valence-corrected chi connectivity index (χ4v) is 0.940. The monoisotopic (exact) mass is 181 g/mol. The summed E-state index contributed by atoms with van der Waals surface area (Å²) in [7, 11) is 2.82. The quantitative estimate of drug-likeness (QED) is 0.511. The molecule has 0 N–H and O–H groups in total. The summed E-state index contributed by atoms with van der Waals surface area (Å²) in [5, 5.41) is 0. The molecule has 0 aliphatic heterocycles. The first-order valence-electron chi connectivity index (χ1n) is 3.80. The number of hydrogen-bond acceptors (Lipinski definition) is 4. The molecular formula is C9H11NO3. The smallest absolute Gasteiger partial charge is 0.237 e. The SMILES string of the molecule is COC(OC)C(=O)c1ccccn1. The average molecular weight is 181 g/mol. The van der Waals surface area contributed by atoms with Crippen LogP contribution in [0.1, 0.15) is 10.5 Å². The van der Waals surface area contributed by atoms with Crippen molar-refractivity contribution in [3.05, 3.63) is 30.1 Å². The van der Waals surface area contributed by atoms with Crippen molar-refractivity contribution < 1.29 is 14.3 Å². The number of pyridine rings is 1. The Bertz CT molecular complexity index is 269. The van der Waals surface area contributed by atoms with Crippen LogP contribution >= 0.6 is 0 Å². The fraction of sp³-hybridized carbons (Fsp3) is 0.333. The van der Waals surface area contributed by atoms with Crippen LogP contribution < -0.4 is 0 Å². The highest BCUT2D eigenvalue weighted by atomic mass is 16.7. The molecule has 4 heteroatoms. The van der Waals surface area contributed by atoms with Gasteiger partial charge in [-0.25, -0.2) is 0 Å². The second-order valence-corrected chi connectivity index (χ2v) is 2.38. The van der Waals surface area contributed by atoms with E-state index in [1.807, 2.05) is 0 Å². The van der Waals surface area contributed by atoms with Crippen LogP contribution in [0.15, 0.2) is 24.4 Å². The number of nitrogens with zero attached hydrogens (tertiary/aromatic N) is 1. The van der Waals surface area contributed by atoms with Crippen molar-refractivity contribution in [1.82, 2.24) is 4.98 Å². The van der Waals surface area contributed by atoms with E-state index in [9.17, 15) is 4.79 Å². The summed E-state index contributed by atoms with van der Waals surface area (Å²) in [6.45, 7) is 0. The van der Waals surface area contributed by atoms with Gasteiger partial charge in [0, 0.05) is 20.4 Å². The lowest BCUT2D eigenvalue weighted by Gasteiger charge is -2.10. The third-order valence-corrected chi connectivity index (χ3v) is 1.56. The van der Waals surface area contributed by atoms with E-state index in [1.165, 1.54) is 14.2 Å². The molecular weight excluding hydrogens is 170 g/mol. The van der Waals surface area contributed by atoms with Gasteiger partial charge in [0.25, 0.3) is 0 Å². The molecule has 0 aliphatic carbocycles. The summed E-state index contributed by atoms with van der Waals surface area (Å²) in [6.07, 6.45) is 0.685. The Hall–Kier alpha value is -1.26. The van der Waals surface area contributed by atoms with Crippen LogP contribution in [0.5, 0.6) is 0 Å². The summed E-state index contributed by atoms with van der Waals surface area (Å²) in [5.41, 5.74) is 0.344. The molecule has 0 amide bonds. The number of aromatic nitrogens is 1. The van der Waals surface area contributed by atoms with E-state index in [1.54, 1.807) is 24.4 Å². The molecule has 0 radical (unpaired) electrons. The highest BCUT2D eigenvalue weighted by Crippen LogP contribution is 2.02. The molecule has 1 heterocycles. The van der Waals surface area contributed by atoms with E-state index in [2.05, 4.69) is 4.98 Å². The maximum atomic E-state index is 11.5. The molecule has 1 aromatic rings. The molecule has 0 aromatic carbocycles. The van der Waals surface area contributed by atoms with Gasteiger partial charge in [-0.1, -0.05) is 6.07 Å². The zero-order valence-electron chi connectivity index (χ0n) is 7.56. The molecule has 0 bridgehead atoms. The molecule has 0 aliphatic rings. The molecule has 0 fully saturated rings. The van der Waals surface area contributed by atoms with Gasteiger partial charge in [-0.2, -0.15) is 0 Å². The van der Waals surface area contributed by atoms with Gasteiger partial charge in [0.1, 0.15) is 5.69 Å². The van der Waals surface area contributed by atoms with Crippen molar-refractivity contribution in [2.75, 3.05) is 14.2 Å². The normalized spacial score (nSPS) is 10.4. The van der Waals surface area contributed by atoms with E-state index in [-0.39, 0.29) is 5.78 Å². The van der Waals surface area contributed by atoms with Gasteiger partial charge in [-0.3, -0.25) is 9.78 Å². The third-order valence-electron chi connectivity index (χ3n) is 1.56. The number of ether oxygens (including phenoxy) is 2. The molecule has 1 rings (SSSR count). The predicted octanol–water partition coefficient (Wildman–Crippen LogP) is 0.883. The van der Waals surface area contributed by atoms with Crippen LogP contribution in [0.25, 0.3) is 0 Å². The Morgan fingerprint density at radius 1 is 1.38 bits per heavy atom. The van der Waals surface area contributed by atoms with Gasteiger partial charge >= 0.3 is 0 Å². The molecule has 0 spiro atoms. The lowest BCUT2D eigenvalue weighted by molar-refractivity contribution is -0.0744.